The Morgan fingerprint density at radius 2 is 2.11 bits per heavy atom. The quantitative estimate of drug-likeness (QED) is 0.767. The van der Waals surface area contributed by atoms with Crippen LogP contribution in [0.3, 0.4) is 0 Å². The van der Waals surface area contributed by atoms with Crippen LogP contribution in [0.4, 0.5) is 0 Å². The van der Waals surface area contributed by atoms with E-state index in [0.29, 0.717) is 11.8 Å². The van der Waals surface area contributed by atoms with Crippen LogP contribution in [0, 0.1) is 6.92 Å². The van der Waals surface area contributed by atoms with Crippen LogP contribution in [0.2, 0.25) is 0 Å². The van der Waals surface area contributed by atoms with E-state index in [1.165, 1.54) is 0 Å². The van der Waals surface area contributed by atoms with Gasteiger partial charge in [-0.25, -0.2) is 18.1 Å². The minimum atomic E-state index is -3.57. The molecular formula is C12H22BrN3O2S. The number of imidazole rings is 1. The largest absolute Gasteiger partial charge is 0.334 e. The van der Waals surface area contributed by atoms with Crippen molar-refractivity contribution < 1.29 is 8.42 Å². The monoisotopic (exact) mass is 351 g/mol. The molecule has 0 aromatic carbocycles. The highest BCUT2D eigenvalue weighted by Crippen LogP contribution is 2.18. The molecule has 1 aromatic heterocycles. The summed E-state index contributed by atoms with van der Waals surface area (Å²) >= 11 is 3.35. The first-order valence-corrected chi connectivity index (χ1v) is 9.02. The fraction of sp³-hybridized carbons (Fsp3) is 0.750. The fourth-order valence-electron chi connectivity index (χ4n) is 1.65. The Hall–Kier alpha value is -0.400. The van der Waals surface area contributed by atoms with Crippen molar-refractivity contribution in [3.63, 3.8) is 0 Å². The summed E-state index contributed by atoms with van der Waals surface area (Å²) in [5, 5.41) is 0.656. The van der Waals surface area contributed by atoms with Gasteiger partial charge in [0.25, 0.3) is 10.0 Å². The molecule has 7 heteroatoms. The Labute approximate surface area is 124 Å². The van der Waals surface area contributed by atoms with Gasteiger partial charge in [0.2, 0.25) is 0 Å². The van der Waals surface area contributed by atoms with E-state index in [9.17, 15) is 8.42 Å². The second kappa shape index (κ2) is 6.37. The van der Waals surface area contributed by atoms with Gasteiger partial charge in [-0.15, -0.1) is 0 Å². The number of rotatable bonds is 7. The summed E-state index contributed by atoms with van der Waals surface area (Å²) in [5.74, 6) is 0.722. The van der Waals surface area contributed by atoms with Crippen molar-refractivity contribution in [1.29, 1.82) is 0 Å². The predicted octanol–water partition coefficient (Wildman–Crippen LogP) is 2.44. The van der Waals surface area contributed by atoms with Gasteiger partial charge in [-0.05, 0) is 26.7 Å². The van der Waals surface area contributed by atoms with Gasteiger partial charge in [0.05, 0.1) is 0 Å². The van der Waals surface area contributed by atoms with Crippen molar-refractivity contribution in [2.45, 2.75) is 57.6 Å². The molecule has 0 fully saturated rings. The lowest BCUT2D eigenvalue weighted by atomic mass is 10.0. The SMILES string of the molecule is CCCn1cc(S(=O)(=O)NC(C)(CC)CBr)nc1C. The maximum atomic E-state index is 12.3. The summed E-state index contributed by atoms with van der Waals surface area (Å²) < 4.78 is 29.2. The third kappa shape index (κ3) is 4.03. The third-order valence-corrected chi connectivity index (χ3v) is 5.90. The number of hydrogen-bond acceptors (Lipinski definition) is 3. The molecule has 1 unspecified atom stereocenters. The topological polar surface area (TPSA) is 64.0 Å². The Morgan fingerprint density at radius 1 is 1.47 bits per heavy atom. The molecule has 1 N–H and O–H groups in total. The van der Waals surface area contributed by atoms with Gasteiger partial charge in [0.1, 0.15) is 5.82 Å². The van der Waals surface area contributed by atoms with Gasteiger partial charge >= 0.3 is 0 Å². The Kier molecular flexibility index (Phi) is 5.58. The highest BCUT2D eigenvalue weighted by Gasteiger charge is 2.29. The Balaban J connectivity index is 3.04. The molecule has 0 spiro atoms. The van der Waals surface area contributed by atoms with Crippen molar-refractivity contribution >= 4 is 26.0 Å². The van der Waals surface area contributed by atoms with E-state index < -0.39 is 15.6 Å². The van der Waals surface area contributed by atoms with E-state index >= 15 is 0 Å². The van der Waals surface area contributed by atoms with Gasteiger partial charge in [-0.3, -0.25) is 0 Å². The number of aromatic nitrogens is 2. The first-order valence-electron chi connectivity index (χ1n) is 6.41. The van der Waals surface area contributed by atoms with Crippen LogP contribution in [0.25, 0.3) is 0 Å². The zero-order chi connectivity index (χ0) is 14.7. The van der Waals surface area contributed by atoms with Gasteiger partial charge in [-0.2, -0.15) is 0 Å². The Morgan fingerprint density at radius 3 is 2.58 bits per heavy atom. The van der Waals surface area contributed by atoms with Crippen LogP contribution in [-0.4, -0.2) is 28.8 Å². The van der Waals surface area contributed by atoms with Crippen molar-refractivity contribution in [2.24, 2.45) is 0 Å². The van der Waals surface area contributed by atoms with E-state index in [-0.39, 0.29) is 5.03 Å². The van der Waals surface area contributed by atoms with Gasteiger partial charge in [0, 0.05) is 23.6 Å². The first kappa shape index (κ1) is 16.7. The van der Waals surface area contributed by atoms with Crippen molar-refractivity contribution in [3.05, 3.63) is 12.0 Å². The molecule has 0 aliphatic heterocycles. The van der Waals surface area contributed by atoms with Gasteiger partial charge in [0.15, 0.2) is 5.03 Å². The molecule has 0 radical (unpaired) electrons. The number of sulfonamides is 1. The minimum Gasteiger partial charge on any atom is -0.334 e. The molecule has 1 aromatic rings. The smallest absolute Gasteiger partial charge is 0.260 e. The van der Waals surface area contributed by atoms with E-state index in [4.69, 9.17) is 0 Å². The average molecular weight is 352 g/mol. The first-order chi connectivity index (χ1) is 8.78. The van der Waals surface area contributed by atoms with E-state index in [0.717, 1.165) is 18.8 Å². The van der Waals surface area contributed by atoms with Gasteiger partial charge in [-0.1, -0.05) is 29.8 Å². The highest BCUT2D eigenvalue weighted by molar-refractivity contribution is 9.09. The van der Waals surface area contributed by atoms with E-state index in [1.807, 2.05) is 32.3 Å². The van der Waals surface area contributed by atoms with Crippen LogP contribution < -0.4 is 4.72 Å². The molecular weight excluding hydrogens is 330 g/mol. The molecule has 1 rings (SSSR count). The second-order valence-electron chi connectivity index (χ2n) is 4.97. The van der Waals surface area contributed by atoms with E-state index in [1.54, 1.807) is 6.20 Å². The van der Waals surface area contributed by atoms with Crippen molar-refractivity contribution in [1.82, 2.24) is 14.3 Å². The molecule has 1 heterocycles. The molecule has 0 saturated carbocycles. The fourth-order valence-corrected chi connectivity index (χ4v) is 3.86. The minimum absolute atomic E-state index is 0.0964. The number of halogens is 1. The zero-order valence-electron chi connectivity index (χ0n) is 11.9. The lowest BCUT2D eigenvalue weighted by Crippen LogP contribution is -2.46. The normalized spacial score (nSPS) is 15.4. The molecule has 0 amide bonds. The second-order valence-corrected chi connectivity index (χ2v) is 7.16. The van der Waals surface area contributed by atoms with Crippen molar-refractivity contribution in [2.75, 3.05) is 5.33 Å². The van der Waals surface area contributed by atoms with E-state index in [2.05, 4.69) is 25.6 Å². The molecule has 0 aliphatic rings. The zero-order valence-corrected chi connectivity index (χ0v) is 14.3. The van der Waals surface area contributed by atoms with Crippen molar-refractivity contribution in [3.8, 4) is 0 Å². The number of hydrogen-bond donors (Lipinski definition) is 1. The molecule has 1 atom stereocenters. The molecule has 0 bridgehead atoms. The number of aryl methyl sites for hydroxylation is 2. The molecule has 0 saturated heterocycles. The molecule has 110 valence electrons. The number of nitrogens with one attached hydrogen (secondary N) is 1. The molecule has 19 heavy (non-hydrogen) atoms. The number of nitrogens with zero attached hydrogens (tertiary/aromatic N) is 2. The average Bonchev–Trinajstić information content (AvgIpc) is 2.72. The summed E-state index contributed by atoms with van der Waals surface area (Å²) in [6.45, 7) is 8.46. The molecule has 0 aliphatic carbocycles. The maximum absolute atomic E-state index is 12.3. The summed E-state index contributed by atoms with van der Waals surface area (Å²) in [4.78, 5) is 4.15. The van der Waals surface area contributed by atoms with Crippen LogP contribution in [0.5, 0.6) is 0 Å². The van der Waals surface area contributed by atoms with Gasteiger partial charge < -0.3 is 4.57 Å². The maximum Gasteiger partial charge on any atom is 0.260 e. The third-order valence-electron chi connectivity index (χ3n) is 3.15. The highest BCUT2D eigenvalue weighted by atomic mass is 79.9. The summed E-state index contributed by atoms with van der Waals surface area (Å²) in [6.07, 6.45) is 3.25. The lowest BCUT2D eigenvalue weighted by molar-refractivity contribution is 0.448. The summed E-state index contributed by atoms with van der Waals surface area (Å²) in [7, 11) is -3.57. The van der Waals surface area contributed by atoms with Crippen LogP contribution in [0.1, 0.15) is 39.4 Å². The summed E-state index contributed by atoms with van der Waals surface area (Å²) in [5.41, 5.74) is -0.499. The van der Waals surface area contributed by atoms with Crippen LogP contribution in [-0.2, 0) is 16.6 Å². The summed E-state index contributed by atoms with van der Waals surface area (Å²) in [6, 6.07) is 0. The van der Waals surface area contributed by atoms with Crippen LogP contribution in [0.15, 0.2) is 11.2 Å². The van der Waals surface area contributed by atoms with Crippen LogP contribution >= 0.6 is 15.9 Å². The lowest BCUT2D eigenvalue weighted by Gasteiger charge is -2.26. The predicted molar refractivity (Wildman–Crippen MR) is 80.1 cm³/mol. The Bertz CT molecular complexity index is 521. The molecule has 5 nitrogen and oxygen atoms in total. The number of alkyl halides is 1. The standard InChI is InChI=1S/C12H22BrN3O2S/c1-5-7-16-8-11(14-10(16)3)19(17,18)15-12(4,6-2)9-13/h8,15H,5-7,9H2,1-4H3.